The first kappa shape index (κ1) is 13.8. The Morgan fingerprint density at radius 2 is 1.71 bits per heavy atom. The molecule has 21 heavy (non-hydrogen) atoms. The Balaban J connectivity index is 2.06. The molecule has 3 rings (SSSR count). The van der Waals surface area contributed by atoms with Crippen molar-refractivity contribution in [2.45, 2.75) is 11.3 Å². The van der Waals surface area contributed by atoms with Crippen molar-refractivity contribution in [3.05, 3.63) is 59.7 Å². The molecule has 0 aromatic heterocycles. The summed E-state index contributed by atoms with van der Waals surface area (Å²) in [5.41, 5.74) is 2.21. The Morgan fingerprint density at radius 3 is 2.48 bits per heavy atom. The van der Waals surface area contributed by atoms with E-state index in [1.165, 1.54) is 6.07 Å². The summed E-state index contributed by atoms with van der Waals surface area (Å²) >= 11 is 0. The van der Waals surface area contributed by atoms with Crippen LogP contribution in [0.25, 0.3) is 0 Å². The number of carbonyl (C=O) groups is 1. The summed E-state index contributed by atoms with van der Waals surface area (Å²) in [4.78, 5) is 14.5. The van der Waals surface area contributed by atoms with Gasteiger partial charge < -0.3 is 4.90 Å². The fourth-order valence-electron chi connectivity index (χ4n) is 2.66. The van der Waals surface area contributed by atoms with Crippen molar-refractivity contribution in [3.8, 4) is 0 Å². The number of benzene rings is 2. The maximum atomic E-state index is 12.7. The summed E-state index contributed by atoms with van der Waals surface area (Å²) in [5.74, 6) is -0.263. The minimum Gasteiger partial charge on any atom is -0.308 e. The first-order valence-electron chi connectivity index (χ1n) is 6.67. The number of sulfone groups is 1. The molecule has 0 spiro atoms. The van der Waals surface area contributed by atoms with Crippen molar-refractivity contribution < 1.29 is 13.2 Å². The molecule has 0 atom stereocenters. The van der Waals surface area contributed by atoms with Gasteiger partial charge in [0, 0.05) is 18.5 Å². The molecule has 0 N–H and O–H groups in total. The predicted molar refractivity (Wildman–Crippen MR) is 81.4 cm³/mol. The molecule has 108 valence electrons. The fraction of sp³-hybridized carbons (Fsp3) is 0.188. The van der Waals surface area contributed by atoms with Crippen molar-refractivity contribution >= 4 is 21.4 Å². The second-order valence-electron chi connectivity index (χ2n) is 5.10. The number of amides is 1. The SMILES string of the molecule is CS(=O)(=O)c1ccccc1C(=O)N1CCc2ccccc21. The first-order valence-corrected chi connectivity index (χ1v) is 8.56. The largest absolute Gasteiger partial charge is 0.308 e. The third-order valence-electron chi connectivity index (χ3n) is 3.65. The maximum absolute atomic E-state index is 12.7. The monoisotopic (exact) mass is 301 g/mol. The van der Waals surface area contributed by atoms with Crippen LogP contribution in [0, 0.1) is 0 Å². The lowest BCUT2D eigenvalue weighted by atomic mass is 10.1. The summed E-state index contributed by atoms with van der Waals surface area (Å²) in [5, 5.41) is 0. The van der Waals surface area contributed by atoms with Crippen LogP contribution in [0.5, 0.6) is 0 Å². The van der Waals surface area contributed by atoms with Crippen LogP contribution in [-0.2, 0) is 16.3 Å². The molecule has 0 fully saturated rings. The second kappa shape index (κ2) is 5.00. The molecule has 0 saturated carbocycles. The zero-order valence-electron chi connectivity index (χ0n) is 11.6. The highest BCUT2D eigenvalue weighted by Gasteiger charge is 2.28. The number of anilines is 1. The fourth-order valence-corrected chi connectivity index (χ4v) is 3.54. The number of hydrogen-bond donors (Lipinski definition) is 0. The second-order valence-corrected chi connectivity index (χ2v) is 7.09. The molecular weight excluding hydrogens is 286 g/mol. The quantitative estimate of drug-likeness (QED) is 0.855. The van der Waals surface area contributed by atoms with Crippen LogP contribution in [0.15, 0.2) is 53.4 Å². The van der Waals surface area contributed by atoms with Crippen molar-refractivity contribution in [1.82, 2.24) is 0 Å². The standard InChI is InChI=1S/C16H15NO3S/c1-21(19,20)15-9-5-3-7-13(15)16(18)17-11-10-12-6-2-4-8-14(12)17/h2-9H,10-11H2,1H3. The Morgan fingerprint density at radius 1 is 1.05 bits per heavy atom. The topological polar surface area (TPSA) is 54.5 Å². The third kappa shape index (κ3) is 2.45. The van der Waals surface area contributed by atoms with Gasteiger partial charge in [-0.25, -0.2) is 8.42 Å². The first-order chi connectivity index (χ1) is 9.98. The molecule has 1 heterocycles. The molecule has 5 heteroatoms. The molecule has 0 unspecified atom stereocenters. The number of rotatable bonds is 2. The Bertz CT molecular complexity index is 812. The van der Waals surface area contributed by atoms with E-state index in [4.69, 9.17) is 0 Å². The lowest BCUT2D eigenvalue weighted by Gasteiger charge is -2.18. The van der Waals surface area contributed by atoms with Crippen molar-refractivity contribution in [1.29, 1.82) is 0 Å². The van der Waals surface area contributed by atoms with Gasteiger partial charge in [0.25, 0.3) is 5.91 Å². The predicted octanol–water partition coefficient (Wildman–Crippen LogP) is 2.29. The van der Waals surface area contributed by atoms with Crippen LogP contribution in [0.2, 0.25) is 0 Å². The van der Waals surface area contributed by atoms with E-state index in [1.807, 2.05) is 24.3 Å². The number of para-hydroxylation sites is 1. The van der Waals surface area contributed by atoms with Gasteiger partial charge in [-0.05, 0) is 30.2 Å². The minimum absolute atomic E-state index is 0.0828. The van der Waals surface area contributed by atoms with E-state index in [0.29, 0.717) is 6.54 Å². The van der Waals surface area contributed by atoms with E-state index in [9.17, 15) is 13.2 Å². The van der Waals surface area contributed by atoms with Crippen LogP contribution < -0.4 is 4.90 Å². The molecule has 1 aliphatic heterocycles. The van der Waals surface area contributed by atoms with Gasteiger partial charge in [-0.2, -0.15) is 0 Å². The minimum atomic E-state index is -3.43. The molecule has 0 bridgehead atoms. The summed E-state index contributed by atoms with van der Waals surface area (Å²) in [7, 11) is -3.43. The van der Waals surface area contributed by atoms with E-state index in [-0.39, 0.29) is 16.4 Å². The molecular formula is C16H15NO3S. The van der Waals surface area contributed by atoms with Crippen LogP contribution in [0.4, 0.5) is 5.69 Å². The van der Waals surface area contributed by atoms with Crippen LogP contribution in [0.3, 0.4) is 0 Å². The van der Waals surface area contributed by atoms with E-state index < -0.39 is 9.84 Å². The highest BCUT2D eigenvalue weighted by atomic mass is 32.2. The normalized spacial score (nSPS) is 14.0. The zero-order valence-corrected chi connectivity index (χ0v) is 12.4. The van der Waals surface area contributed by atoms with Gasteiger partial charge in [0.1, 0.15) is 0 Å². The molecule has 1 amide bonds. The lowest BCUT2D eigenvalue weighted by Crippen LogP contribution is -2.30. The Labute approximate surface area is 123 Å². The molecule has 4 nitrogen and oxygen atoms in total. The summed E-state index contributed by atoms with van der Waals surface area (Å²) < 4.78 is 23.7. The van der Waals surface area contributed by atoms with Gasteiger partial charge in [-0.15, -0.1) is 0 Å². The van der Waals surface area contributed by atoms with Crippen molar-refractivity contribution in [2.24, 2.45) is 0 Å². The maximum Gasteiger partial charge on any atom is 0.259 e. The molecule has 0 radical (unpaired) electrons. The lowest BCUT2D eigenvalue weighted by molar-refractivity contribution is 0.0986. The molecule has 0 saturated heterocycles. The van der Waals surface area contributed by atoms with Gasteiger partial charge in [0.05, 0.1) is 10.5 Å². The smallest absolute Gasteiger partial charge is 0.259 e. The van der Waals surface area contributed by atoms with Gasteiger partial charge in [0.15, 0.2) is 9.84 Å². The zero-order chi connectivity index (χ0) is 15.0. The number of fused-ring (bicyclic) bond motifs is 1. The Hall–Kier alpha value is -2.14. The summed E-state index contributed by atoms with van der Waals surface area (Å²) in [6, 6.07) is 14.1. The molecule has 1 aliphatic rings. The van der Waals surface area contributed by atoms with Crippen LogP contribution >= 0.6 is 0 Å². The molecule has 2 aromatic carbocycles. The number of carbonyl (C=O) groups excluding carboxylic acids is 1. The van der Waals surface area contributed by atoms with Gasteiger partial charge in [-0.3, -0.25) is 4.79 Å². The van der Waals surface area contributed by atoms with Gasteiger partial charge in [0.2, 0.25) is 0 Å². The van der Waals surface area contributed by atoms with E-state index in [1.54, 1.807) is 23.1 Å². The molecule has 0 aliphatic carbocycles. The van der Waals surface area contributed by atoms with Crippen LogP contribution in [0.1, 0.15) is 15.9 Å². The van der Waals surface area contributed by atoms with Crippen molar-refractivity contribution in [3.63, 3.8) is 0 Å². The van der Waals surface area contributed by atoms with E-state index in [0.717, 1.165) is 23.9 Å². The van der Waals surface area contributed by atoms with E-state index >= 15 is 0 Å². The number of hydrogen-bond acceptors (Lipinski definition) is 3. The Kier molecular flexibility index (Phi) is 3.29. The molecule has 2 aromatic rings. The highest BCUT2D eigenvalue weighted by Crippen LogP contribution is 2.30. The average Bonchev–Trinajstić information content (AvgIpc) is 2.89. The summed E-state index contributed by atoms with van der Waals surface area (Å²) in [6.45, 7) is 0.580. The van der Waals surface area contributed by atoms with Crippen molar-refractivity contribution in [2.75, 3.05) is 17.7 Å². The average molecular weight is 301 g/mol. The highest BCUT2D eigenvalue weighted by molar-refractivity contribution is 7.90. The van der Waals surface area contributed by atoms with Gasteiger partial charge in [-0.1, -0.05) is 30.3 Å². The third-order valence-corrected chi connectivity index (χ3v) is 4.80. The van der Waals surface area contributed by atoms with Gasteiger partial charge >= 0.3 is 0 Å². The van der Waals surface area contributed by atoms with Crippen LogP contribution in [-0.4, -0.2) is 27.1 Å². The number of nitrogens with zero attached hydrogens (tertiary/aromatic N) is 1. The van der Waals surface area contributed by atoms with E-state index in [2.05, 4.69) is 0 Å². The summed E-state index contributed by atoms with van der Waals surface area (Å²) in [6.07, 6.45) is 1.92.